The van der Waals surface area contributed by atoms with E-state index in [0.29, 0.717) is 37.9 Å². The second-order valence-electron chi connectivity index (χ2n) is 5.73. The number of ether oxygens (including phenoxy) is 3. The molecule has 2 aliphatic rings. The Balaban J connectivity index is 1.93. The van der Waals surface area contributed by atoms with Gasteiger partial charge >= 0.3 is 0 Å². The van der Waals surface area contributed by atoms with E-state index in [9.17, 15) is 8.42 Å². The molecular weight excluding hydrogens is 306 g/mol. The molecule has 1 aromatic rings. The van der Waals surface area contributed by atoms with E-state index in [4.69, 9.17) is 14.2 Å². The molecular formula is C15H21NO5S. The third-order valence-electron chi connectivity index (χ3n) is 3.88. The molecule has 0 amide bonds. The number of fused-ring (bicyclic) bond motifs is 1. The van der Waals surface area contributed by atoms with Crippen LogP contribution in [0.5, 0.6) is 11.5 Å². The van der Waals surface area contributed by atoms with Crippen molar-refractivity contribution in [1.29, 1.82) is 0 Å². The lowest BCUT2D eigenvalue weighted by Crippen LogP contribution is -2.50. The number of nitrogens with zero attached hydrogens (tertiary/aromatic N) is 1. The van der Waals surface area contributed by atoms with E-state index in [1.807, 2.05) is 13.8 Å². The smallest absolute Gasteiger partial charge is 0.243 e. The molecule has 0 unspecified atom stereocenters. The van der Waals surface area contributed by atoms with E-state index in [1.54, 1.807) is 18.2 Å². The van der Waals surface area contributed by atoms with Gasteiger partial charge in [-0.15, -0.1) is 0 Å². The summed E-state index contributed by atoms with van der Waals surface area (Å²) in [6, 6.07) is 4.62. The monoisotopic (exact) mass is 327 g/mol. The summed E-state index contributed by atoms with van der Waals surface area (Å²) in [6.45, 7) is 5.61. The Bertz CT molecular complexity index is 645. The summed E-state index contributed by atoms with van der Waals surface area (Å²) in [5.74, 6) is 1.09. The van der Waals surface area contributed by atoms with E-state index >= 15 is 0 Å². The highest BCUT2D eigenvalue weighted by Crippen LogP contribution is 2.33. The fourth-order valence-electron chi connectivity index (χ4n) is 2.65. The third-order valence-corrected chi connectivity index (χ3v) is 5.85. The molecule has 0 saturated carbocycles. The highest BCUT2D eigenvalue weighted by atomic mass is 32.2. The molecule has 1 saturated heterocycles. The van der Waals surface area contributed by atoms with Crippen LogP contribution in [0.2, 0.25) is 0 Å². The topological polar surface area (TPSA) is 65.1 Å². The van der Waals surface area contributed by atoms with Crippen LogP contribution >= 0.6 is 0 Å². The van der Waals surface area contributed by atoms with E-state index < -0.39 is 10.0 Å². The van der Waals surface area contributed by atoms with Crippen molar-refractivity contribution in [3.63, 3.8) is 0 Å². The first-order valence-corrected chi connectivity index (χ1v) is 8.95. The summed E-state index contributed by atoms with van der Waals surface area (Å²) in [5, 5.41) is 0. The van der Waals surface area contributed by atoms with Gasteiger partial charge in [-0.05, 0) is 26.0 Å². The first kappa shape index (κ1) is 15.6. The lowest BCUT2D eigenvalue weighted by atomic mass is 10.2. The maximum atomic E-state index is 12.9. The van der Waals surface area contributed by atoms with Crippen LogP contribution in [0.1, 0.15) is 20.3 Å². The van der Waals surface area contributed by atoms with Crippen molar-refractivity contribution in [2.75, 3.05) is 26.4 Å². The van der Waals surface area contributed by atoms with Crippen molar-refractivity contribution in [3.8, 4) is 11.5 Å². The summed E-state index contributed by atoms with van der Waals surface area (Å²) in [6.07, 6.45) is 0.681. The molecule has 2 atom stereocenters. The van der Waals surface area contributed by atoms with Crippen molar-refractivity contribution in [1.82, 2.24) is 4.31 Å². The minimum atomic E-state index is -3.57. The molecule has 0 bridgehead atoms. The first-order chi connectivity index (χ1) is 10.5. The highest BCUT2D eigenvalue weighted by Gasteiger charge is 2.34. The van der Waals surface area contributed by atoms with Gasteiger partial charge in [0.1, 0.15) is 0 Å². The van der Waals surface area contributed by atoms with E-state index in [0.717, 1.165) is 6.42 Å². The summed E-state index contributed by atoms with van der Waals surface area (Å²) in [5.41, 5.74) is 0. The van der Waals surface area contributed by atoms with E-state index in [-0.39, 0.29) is 17.0 Å². The molecule has 0 aliphatic carbocycles. The second kappa shape index (κ2) is 6.06. The number of sulfonamides is 1. The second-order valence-corrected chi connectivity index (χ2v) is 7.62. The Morgan fingerprint density at radius 2 is 1.86 bits per heavy atom. The molecule has 0 spiro atoms. The van der Waals surface area contributed by atoms with Crippen molar-refractivity contribution < 1.29 is 22.6 Å². The molecule has 1 fully saturated rings. The van der Waals surface area contributed by atoms with Gasteiger partial charge in [0.2, 0.25) is 10.0 Å². The number of rotatable bonds is 2. The lowest BCUT2D eigenvalue weighted by molar-refractivity contribution is -0.0170. The molecule has 6 nitrogen and oxygen atoms in total. The van der Waals surface area contributed by atoms with Crippen LogP contribution in [-0.4, -0.2) is 51.2 Å². The zero-order valence-electron chi connectivity index (χ0n) is 12.8. The number of benzene rings is 1. The molecule has 7 heteroatoms. The van der Waals surface area contributed by atoms with Crippen molar-refractivity contribution in [2.45, 2.75) is 37.3 Å². The summed E-state index contributed by atoms with van der Waals surface area (Å²) in [7, 11) is -3.57. The molecule has 122 valence electrons. The van der Waals surface area contributed by atoms with Crippen LogP contribution in [0, 0.1) is 0 Å². The molecule has 0 aromatic heterocycles. The zero-order valence-corrected chi connectivity index (χ0v) is 13.6. The molecule has 2 heterocycles. The average molecular weight is 327 g/mol. The maximum absolute atomic E-state index is 12.9. The van der Waals surface area contributed by atoms with Crippen molar-refractivity contribution >= 4 is 10.0 Å². The molecule has 1 aromatic carbocycles. The molecule has 2 aliphatic heterocycles. The molecule has 3 rings (SSSR count). The van der Waals surface area contributed by atoms with E-state index in [2.05, 4.69) is 0 Å². The quantitative estimate of drug-likeness (QED) is 0.826. The van der Waals surface area contributed by atoms with Gasteiger partial charge in [-0.25, -0.2) is 8.42 Å². The minimum Gasteiger partial charge on any atom is -0.490 e. The third kappa shape index (κ3) is 2.93. The van der Waals surface area contributed by atoms with Gasteiger partial charge in [0, 0.05) is 25.1 Å². The predicted octanol–water partition coefficient (Wildman–Crippen LogP) is 1.65. The van der Waals surface area contributed by atoms with E-state index in [1.165, 1.54) is 4.31 Å². The van der Waals surface area contributed by atoms with Crippen LogP contribution in [0.15, 0.2) is 23.1 Å². The minimum absolute atomic E-state index is 0.105. The Hall–Kier alpha value is -1.31. The van der Waals surface area contributed by atoms with Crippen LogP contribution in [-0.2, 0) is 14.8 Å². The number of hydrogen-bond donors (Lipinski definition) is 0. The fourth-order valence-corrected chi connectivity index (χ4v) is 4.35. The Labute approximate surface area is 131 Å². The van der Waals surface area contributed by atoms with Gasteiger partial charge in [-0.3, -0.25) is 0 Å². The van der Waals surface area contributed by atoms with Crippen LogP contribution in [0.25, 0.3) is 0 Å². The molecule has 0 radical (unpaired) electrons. The van der Waals surface area contributed by atoms with Crippen molar-refractivity contribution in [2.24, 2.45) is 0 Å². The zero-order chi connectivity index (χ0) is 15.7. The van der Waals surface area contributed by atoms with Gasteiger partial charge in [0.05, 0.1) is 30.8 Å². The number of morpholine rings is 1. The lowest BCUT2D eigenvalue weighted by Gasteiger charge is -2.35. The Morgan fingerprint density at radius 3 is 2.64 bits per heavy atom. The fraction of sp³-hybridized carbons (Fsp3) is 0.600. The first-order valence-electron chi connectivity index (χ1n) is 7.51. The Kier molecular flexibility index (Phi) is 4.29. The number of hydrogen-bond acceptors (Lipinski definition) is 5. The highest BCUT2D eigenvalue weighted by molar-refractivity contribution is 7.89. The summed E-state index contributed by atoms with van der Waals surface area (Å²) in [4.78, 5) is 0.234. The van der Waals surface area contributed by atoms with Gasteiger partial charge in [-0.1, -0.05) is 0 Å². The summed E-state index contributed by atoms with van der Waals surface area (Å²) < 4.78 is 43.9. The normalized spacial score (nSPS) is 26.5. The summed E-state index contributed by atoms with van der Waals surface area (Å²) >= 11 is 0. The van der Waals surface area contributed by atoms with Gasteiger partial charge in [-0.2, -0.15) is 4.31 Å². The molecule has 0 N–H and O–H groups in total. The van der Waals surface area contributed by atoms with Gasteiger partial charge in [0.25, 0.3) is 0 Å². The van der Waals surface area contributed by atoms with Crippen molar-refractivity contribution in [3.05, 3.63) is 18.2 Å². The predicted molar refractivity (Wildman–Crippen MR) is 80.8 cm³/mol. The van der Waals surface area contributed by atoms with Gasteiger partial charge in [0.15, 0.2) is 11.5 Å². The van der Waals surface area contributed by atoms with Gasteiger partial charge < -0.3 is 14.2 Å². The largest absolute Gasteiger partial charge is 0.490 e. The average Bonchev–Trinajstić information content (AvgIpc) is 2.74. The SMILES string of the molecule is C[C@@H]1CN(S(=O)(=O)c2ccc3c(c2)OCCCO3)[C@@H](C)CO1. The molecule has 22 heavy (non-hydrogen) atoms. The van der Waals surface area contributed by atoms with Crippen LogP contribution in [0.4, 0.5) is 0 Å². The Morgan fingerprint density at radius 1 is 1.14 bits per heavy atom. The van der Waals surface area contributed by atoms with Crippen LogP contribution in [0.3, 0.4) is 0 Å². The standard InChI is InChI=1S/C15H21NO5S/c1-11-10-21-12(2)9-16(11)22(17,18)13-4-5-14-15(8-13)20-7-3-6-19-14/h4-5,8,11-12H,3,6-7,9-10H2,1-2H3/t11-,12+/m0/s1. The van der Waals surface area contributed by atoms with Crippen LogP contribution < -0.4 is 9.47 Å². The maximum Gasteiger partial charge on any atom is 0.243 e.